The normalized spacial score (nSPS) is 14.3. The summed E-state index contributed by atoms with van der Waals surface area (Å²) in [7, 11) is 0. The van der Waals surface area contributed by atoms with Gasteiger partial charge in [-0.05, 0) is 18.1 Å². The summed E-state index contributed by atoms with van der Waals surface area (Å²) in [4.78, 5) is 30.9. The zero-order valence-electron chi connectivity index (χ0n) is 14.3. The number of nitrogens with one attached hydrogen (secondary N) is 1. The molecule has 1 amide bonds. The molecule has 1 aliphatic heterocycles. The third-order valence-corrected chi connectivity index (χ3v) is 4.45. The van der Waals surface area contributed by atoms with E-state index in [1.165, 1.54) is 0 Å². The quantitative estimate of drug-likeness (QED) is 0.681. The predicted molar refractivity (Wildman–Crippen MR) is 97.1 cm³/mol. The van der Waals surface area contributed by atoms with Gasteiger partial charge in [0.1, 0.15) is 5.52 Å². The second kappa shape index (κ2) is 6.95. The van der Waals surface area contributed by atoms with Crippen molar-refractivity contribution < 1.29 is 4.79 Å². The number of carbonyl (C=O) groups is 1. The average Bonchev–Trinajstić information content (AvgIpc) is 3.25. The number of nitrogen functional groups attached to an aromatic ring is 1. The molecule has 1 saturated heterocycles. The number of hydrogen-bond acceptors (Lipinski definition) is 7. The van der Waals surface area contributed by atoms with Crippen LogP contribution in [0, 0.1) is 0 Å². The molecule has 134 valence electrons. The van der Waals surface area contributed by atoms with Gasteiger partial charge in [-0.1, -0.05) is 6.07 Å². The Morgan fingerprint density at radius 3 is 2.96 bits per heavy atom. The molecule has 0 saturated carbocycles. The van der Waals surface area contributed by atoms with Crippen LogP contribution in [-0.2, 0) is 17.9 Å². The van der Waals surface area contributed by atoms with Crippen LogP contribution in [0.25, 0.3) is 11.2 Å². The van der Waals surface area contributed by atoms with Crippen molar-refractivity contribution in [3.05, 3.63) is 36.4 Å². The molecule has 4 rings (SSSR count). The first-order valence-electron chi connectivity index (χ1n) is 8.59. The van der Waals surface area contributed by atoms with E-state index in [9.17, 15) is 4.79 Å². The summed E-state index contributed by atoms with van der Waals surface area (Å²) in [5, 5.41) is 3.17. The topological polar surface area (TPSA) is 115 Å². The van der Waals surface area contributed by atoms with Gasteiger partial charge in [0.2, 0.25) is 11.9 Å². The van der Waals surface area contributed by atoms with Crippen LogP contribution < -0.4 is 11.1 Å². The van der Waals surface area contributed by atoms with Gasteiger partial charge in [0.05, 0.1) is 6.33 Å². The highest BCUT2D eigenvalue weighted by Crippen LogP contribution is 2.19. The van der Waals surface area contributed by atoms with Crippen molar-refractivity contribution in [2.75, 3.05) is 24.1 Å². The van der Waals surface area contributed by atoms with Gasteiger partial charge in [-0.2, -0.15) is 9.97 Å². The maximum atomic E-state index is 11.8. The van der Waals surface area contributed by atoms with Gasteiger partial charge in [0, 0.05) is 45.0 Å². The number of imidazole rings is 1. The summed E-state index contributed by atoms with van der Waals surface area (Å²) in [6.07, 6.45) is 6.78. The van der Waals surface area contributed by atoms with E-state index < -0.39 is 0 Å². The van der Waals surface area contributed by atoms with Gasteiger partial charge in [-0.25, -0.2) is 4.98 Å². The zero-order valence-corrected chi connectivity index (χ0v) is 14.3. The van der Waals surface area contributed by atoms with Gasteiger partial charge >= 0.3 is 0 Å². The van der Waals surface area contributed by atoms with Crippen LogP contribution in [0.5, 0.6) is 0 Å². The summed E-state index contributed by atoms with van der Waals surface area (Å²) in [5.41, 5.74) is 8.30. The lowest BCUT2D eigenvalue weighted by molar-refractivity contribution is -0.127. The first-order valence-corrected chi connectivity index (χ1v) is 8.59. The number of hydrogen-bond donors (Lipinski definition) is 2. The number of fused-ring (bicyclic) bond motifs is 1. The lowest BCUT2D eigenvalue weighted by Gasteiger charge is -2.15. The minimum absolute atomic E-state index is 0.211. The monoisotopic (exact) mass is 352 g/mol. The minimum atomic E-state index is 0.211. The fourth-order valence-corrected chi connectivity index (χ4v) is 3.06. The Labute approximate surface area is 150 Å². The fraction of sp³-hybridized carbons (Fsp3) is 0.353. The van der Waals surface area contributed by atoms with Gasteiger partial charge in [0.15, 0.2) is 11.5 Å². The smallest absolute Gasteiger partial charge is 0.227 e. The van der Waals surface area contributed by atoms with E-state index in [0.717, 1.165) is 18.5 Å². The molecular weight excluding hydrogens is 332 g/mol. The number of amides is 1. The van der Waals surface area contributed by atoms with E-state index in [1.807, 2.05) is 21.6 Å². The van der Waals surface area contributed by atoms with E-state index in [1.54, 1.807) is 18.7 Å². The van der Waals surface area contributed by atoms with Gasteiger partial charge in [0.25, 0.3) is 0 Å². The van der Waals surface area contributed by atoms with Crippen molar-refractivity contribution in [2.45, 2.75) is 25.9 Å². The Morgan fingerprint density at radius 1 is 1.27 bits per heavy atom. The van der Waals surface area contributed by atoms with Gasteiger partial charge in [-0.15, -0.1) is 0 Å². The van der Waals surface area contributed by atoms with Crippen molar-refractivity contribution in [3.63, 3.8) is 0 Å². The van der Waals surface area contributed by atoms with Gasteiger partial charge in [-0.3, -0.25) is 9.78 Å². The maximum Gasteiger partial charge on any atom is 0.227 e. The summed E-state index contributed by atoms with van der Waals surface area (Å²) in [6, 6.07) is 3.85. The number of likely N-dealkylation sites (tertiary alicyclic amines) is 1. The molecule has 0 unspecified atom stereocenters. The number of pyridine rings is 1. The Balaban J connectivity index is 1.51. The first-order chi connectivity index (χ1) is 12.7. The van der Waals surface area contributed by atoms with Crippen LogP contribution >= 0.6 is 0 Å². The molecule has 26 heavy (non-hydrogen) atoms. The van der Waals surface area contributed by atoms with Crippen molar-refractivity contribution in [2.24, 2.45) is 0 Å². The highest BCUT2D eigenvalue weighted by Gasteiger charge is 2.20. The van der Waals surface area contributed by atoms with Crippen molar-refractivity contribution >= 4 is 28.8 Å². The molecule has 0 radical (unpaired) electrons. The molecule has 1 fully saturated rings. The number of aromatic nitrogens is 5. The number of nitrogens with zero attached hydrogens (tertiary/aromatic N) is 6. The van der Waals surface area contributed by atoms with E-state index in [4.69, 9.17) is 5.73 Å². The third-order valence-electron chi connectivity index (χ3n) is 4.45. The molecule has 3 aromatic rings. The standard InChI is InChI=1S/C17H20N8O/c18-15-14-16(23-17(22-15)20-10-12-3-1-5-19-9-12)25(11-21-14)8-7-24-6-2-4-13(24)26/h1,3,5,9,11H,2,4,6-8,10H2,(H3,18,20,22,23). The van der Waals surface area contributed by atoms with E-state index in [-0.39, 0.29) is 5.91 Å². The average molecular weight is 352 g/mol. The molecule has 4 heterocycles. The highest BCUT2D eigenvalue weighted by molar-refractivity contribution is 5.83. The number of carbonyl (C=O) groups excluding carboxylic acids is 1. The molecule has 9 nitrogen and oxygen atoms in total. The van der Waals surface area contributed by atoms with Crippen LogP contribution in [-0.4, -0.2) is 48.4 Å². The highest BCUT2D eigenvalue weighted by atomic mass is 16.2. The molecule has 3 aromatic heterocycles. The lowest BCUT2D eigenvalue weighted by Crippen LogP contribution is -2.28. The summed E-state index contributed by atoms with van der Waals surface area (Å²) >= 11 is 0. The predicted octanol–water partition coefficient (Wildman–Crippen LogP) is 1.04. The number of nitrogens with two attached hydrogens (primary N) is 1. The summed E-state index contributed by atoms with van der Waals surface area (Å²) < 4.78 is 1.91. The largest absolute Gasteiger partial charge is 0.382 e. The molecule has 3 N–H and O–H groups in total. The molecule has 0 aromatic carbocycles. The first kappa shape index (κ1) is 16.2. The molecule has 0 spiro atoms. The lowest BCUT2D eigenvalue weighted by atomic mass is 10.3. The van der Waals surface area contributed by atoms with E-state index >= 15 is 0 Å². The molecule has 1 aliphatic rings. The Kier molecular flexibility index (Phi) is 4.34. The Bertz CT molecular complexity index is 923. The molecule has 0 aliphatic carbocycles. The Morgan fingerprint density at radius 2 is 2.19 bits per heavy atom. The molecule has 9 heteroatoms. The third kappa shape index (κ3) is 3.28. The second-order valence-electron chi connectivity index (χ2n) is 6.24. The summed E-state index contributed by atoms with van der Waals surface area (Å²) in [6.45, 7) is 2.64. The van der Waals surface area contributed by atoms with Crippen molar-refractivity contribution in [3.8, 4) is 0 Å². The van der Waals surface area contributed by atoms with Crippen LogP contribution in [0.1, 0.15) is 18.4 Å². The van der Waals surface area contributed by atoms with Crippen LogP contribution in [0.15, 0.2) is 30.9 Å². The van der Waals surface area contributed by atoms with E-state index in [2.05, 4.69) is 25.3 Å². The molecular formula is C17H20N8O. The fourth-order valence-electron chi connectivity index (χ4n) is 3.06. The van der Waals surface area contributed by atoms with Crippen molar-refractivity contribution in [1.29, 1.82) is 0 Å². The second-order valence-corrected chi connectivity index (χ2v) is 6.24. The maximum absolute atomic E-state index is 11.8. The minimum Gasteiger partial charge on any atom is -0.382 e. The molecule has 0 atom stereocenters. The Hall–Kier alpha value is -3.23. The van der Waals surface area contributed by atoms with Gasteiger partial charge < -0.3 is 20.5 Å². The summed E-state index contributed by atoms with van der Waals surface area (Å²) in [5.74, 6) is 0.986. The van der Waals surface area contributed by atoms with E-state index in [0.29, 0.717) is 49.0 Å². The number of anilines is 2. The van der Waals surface area contributed by atoms with Crippen LogP contribution in [0.3, 0.4) is 0 Å². The van der Waals surface area contributed by atoms with Crippen LogP contribution in [0.2, 0.25) is 0 Å². The SMILES string of the molecule is Nc1nc(NCc2cccnc2)nc2c1ncn2CCN1CCCC1=O. The van der Waals surface area contributed by atoms with Crippen LogP contribution in [0.4, 0.5) is 11.8 Å². The van der Waals surface area contributed by atoms with Crippen molar-refractivity contribution in [1.82, 2.24) is 29.4 Å². The molecule has 0 bridgehead atoms. The zero-order chi connectivity index (χ0) is 17.9. The number of rotatable bonds is 6.